The fourth-order valence-electron chi connectivity index (χ4n) is 2.03. The van der Waals surface area contributed by atoms with Gasteiger partial charge in [0.25, 0.3) is 5.91 Å². The average Bonchev–Trinajstić information content (AvgIpc) is 2.96. The number of thiocarbonyl (C=S) groups is 1. The van der Waals surface area contributed by atoms with E-state index in [4.69, 9.17) is 12.2 Å². The molecule has 1 aliphatic rings. The van der Waals surface area contributed by atoms with Crippen molar-refractivity contribution in [2.24, 2.45) is 7.05 Å². The Kier molecular flexibility index (Phi) is 3.46. The Balaban J connectivity index is 1.95. The highest BCUT2D eigenvalue weighted by molar-refractivity contribution is 8.27. The Morgan fingerprint density at radius 1 is 1.15 bits per heavy atom. The first-order valence-electron chi connectivity index (χ1n) is 6.11. The van der Waals surface area contributed by atoms with E-state index in [1.54, 1.807) is 4.90 Å². The summed E-state index contributed by atoms with van der Waals surface area (Å²) in [4.78, 5) is 14.7. The number of nitrogens with zero attached hydrogens (tertiary/aromatic N) is 2. The Bertz CT molecular complexity index is 704. The van der Waals surface area contributed by atoms with Gasteiger partial charge in [0.15, 0.2) is 4.32 Å². The van der Waals surface area contributed by atoms with E-state index < -0.39 is 0 Å². The minimum absolute atomic E-state index is 0.0626. The van der Waals surface area contributed by atoms with Crippen LogP contribution in [0.2, 0.25) is 0 Å². The standard InChI is InChI=1S/C15H12N2OS2/c1-16-9-5-8-12(16)10-13-14(18)17(15(19)20-13)11-6-3-2-4-7-11/h2-10H,1H3. The van der Waals surface area contributed by atoms with Gasteiger partial charge in [0, 0.05) is 18.9 Å². The molecule has 1 aliphatic heterocycles. The predicted octanol–water partition coefficient (Wildman–Crippen LogP) is 3.43. The first-order chi connectivity index (χ1) is 9.66. The van der Waals surface area contributed by atoms with Crippen molar-refractivity contribution in [1.82, 2.24) is 4.57 Å². The fraction of sp³-hybridized carbons (Fsp3) is 0.0667. The van der Waals surface area contributed by atoms with E-state index in [-0.39, 0.29) is 5.91 Å². The van der Waals surface area contributed by atoms with Gasteiger partial charge in [0.05, 0.1) is 10.6 Å². The van der Waals surface area contributed by atoms with Crippen molar-refractivity contribution < 1.29 is 4.79 Å². The Morgan fingerprint density at radius 3 is 2.55 bits per heavy atom. The molecule has 0 spiro atoms. The van der Waals surface area contributed by atoms with Crippen molar-refractivity contribution in [3.05, 3.63) is 59.3 Å². The number of rotatable bonds is 2. The molecule has 2 heterocycles. The molecule has 100 valence electrons. The molecule has 0 atom stereocenters. The second-order valence-electron chi connectivity index (χ2n) is 4.40. The lowest BCUT2D eigenvalue weighted by Crippen LogP contribution is -2.27. The van der Waals surface area contributed by atoms with E-state index in [9.17, 15) is 4.79 Å². The van der Waals surface area contributed by atoms with Crippen LogP contribution in [0.5, 0.6) is 0 Å². The summed E-state index contributed by atoms with van der Waals surface area (Å²) in [6.45, 7) is 0. The van der Waals surface area contributed by atoms with E-state index in [1.807, 2.05) is 66.4 Å². The van der Waals surface area contributed by atoms with Gasteiger partial charge in [0.2, 0.25) is 0 Å². The van der Waals surface area contributed by atoms with Gasteiger partial charge in [-0.2, -0.15) is 0 Å². The number of carbonyl (C=O) groups is 1. The van der Waals surface area contributed by atoms with E-state index >= 15 is 0 Å². The molecule has 1 aromatic heterocycles. The van der Waals surface area contributed by atoms with Crippen LogP contribution in [0.1, 0.15) is 5.69 Å². The van der Waals surface area contributed by atoms with Gasteiger partial charge < -0.3 is 4.57 Å². The molecular formula is C15H12N2OS2. The molecule has 0 aliphatic carbocycles. The zero-order valence-electron chi connectivity index (χ0n) is 10.8. The molecule has 0 unspecified atom stereocenters. The molecule has 20 heavy (non-hydrogen) atoms. The molecule has 0 radical (unpaired) electrons. The van der Waals surface area contributed by atoms with Crippen LogP contribution >= 0.6 is 24.0 Å². The average molecular weight is 300 g/mol. The minimum atomic E-state index is -0.0626. The summed E-state index contributed by atoms with van der Waals surface area (Å²) < 4.78 is 2.54. The summed E-state index contributed by atoms with van der Waals surface area (Å²) in [5.41, 5.74) is 1.80. The fourth-order valence-corrected chi connectivity index (χ4v) is 3.31. The first-order valence-corrected chi connectivity index (χ1v) is 7.33. The summed E-state index contributed by atoms with van der Waals surface area (Å²) in [6, 6.07) is 13.4. The zero-order chi connectivity index (χ0) is 14.1. The van der Waals surface area contributed by atoms with Crippen molar-refractivity contribution in [3.8, 4) is 0 Å². The molecule has 2 aromatic rings. The number of hydrogen-bond acceptors (Lipinski definition) is 3. The van der Waals surface area contributed by atoms with Gasteiger partial charge in [-0.25, -0.2) is 0 Å². The van der Waals surface area contributed by atoms with E-state index in [1.165, 1.54) is 11.8 Å². The Hall–Kier alpha value is -1.85. The van der Waals surface area contributed by atoms with Crippen molar-refractivity contribution in [3.63, 3.8) is 0 Å². The number of anilines is 1. The monoisotopic (exact) mass is 300 g/mol. The lowest BCUT2D eigenvalue weighted by molar-refractivity contribution is -0.113. The summed E-state index contributed by atoms with van der Waals surface area (Å²) in [7, 11) is 1.95. The third-order valence-electron chi connectivity index (χ3n) is 3.07. The molecule has 3 rings (SSSR count). The van der Waals surface area contributed by atoms with E-state index in [0.29, 0.717) is 9.23 Å². The second-order valence-corrected chi connectivity index (χ2v) is 6.07. The van der Waals surface area contributed by atoms with Crippen molar-refractivity contribution in [2.75, 3.05) is 4.90 Å². The number of aryl methyl sites for hydroxylation is 1. The molecule has 0 bridgehead atoms. The van der Waals surface area contributed by atoms with Crippen molar-refractivity contribution in [1.29, 1.82) is 0 Å². The molecular weight excluding hydrogens is 288 g/mol. The normalized spacial score (nSPS) is 17.2. The van der Waals surface area contributed by atoms with Crippen LogP contribution in [0.3, 0.4) is 0 Å². The molecule has 1 fully saturated rings. The summed E-state index contributed by atoms with van der Waals surface area (Å²) >= 11 is 6.66. The van der Waals surface area contributed by atoms with Gasteiger partial charge in [-0.1, -0.05) is 42.2 Å². The van der Waals surface area contributed by atoms with Crippen molar-refractivity contribution in [2.45, 2.75) is 0 Å². The predicted molar refractivity (Wildman–Crippen MR) is 87.5 cm³/mol. The van der Waals surface area contributed by atoms with E-state index in [0.717, 1.165) is 11.4 Å². The smallest absolute Gasteiger partial charge is 0.270 e. The lowest BCUT2D eigenvalue weighted by atomic mass is 10.3. The van der Waals surface area contributed by atoms with Crippen LogP contribution in [0.15, 0.2) is 53.6 Å². The molecule has 0 saturated carbocycles. The van der Waals surface area contributed by atoms with Crippen molar-refractivity contribution >= 4 is 46.0 Å². The Morgan fingerprint density at radius 2 is 1.90 bits per heavy atom. The highest BCUT2D eigenvalue weighted by Gasteiger charge is 2.33. The lowest BCUT2D eigenvalue weighted by Gasteiger charge is -2.13. The van der Waals surface area contributed by atoms with Gasteiger partial charge in [-0.05, 0) is 30.3 Å². The third kappa shape index (κ3) is 2.30. The maximum atomic E-state index is 12.5. The highest BCUT2D eigenvalue weighted by atomic mass is 32.2. The first kappa shape index (κ1) is 13.1. The maximum Gasteiger partial charge on any atom is 0.270 e. The number of thioether (sulfide) groups is 1. The Labute approximate surface area is 126 Å². The second kappa shape index (κ2) is 5.26. The summed E-state index contributed by atoms with van der Waals surface area (Å²) in [6.07, 6.45) is 3.83. The van der Waals surface area contributed by atoms with Crippen LogP contribution in [0, 0.1) is 0 Å². The highest BCUT2D eigenvalue weighted by Crippen LogP contribution is 2.35. The number of aromatic nitrogens is 1. The van der Waals surface area contributed by atoms with Crippen LogP contribution < -0.4 is 4.90 Å². The topological polar surface area (TPSA) is 25.2 Å². The molecule has 3 nitrogen and oxygen atoms in total. The number of carbonyl (C=O) groups excluding carboxylic acids is 1. The minimum Gasteiger partial charge on any atom is -0.351 e. The van der Waals surface area contributed by atoms with Crippen LogP contribution in [-0.4, -0.2) is 14.8 Å². The van der Waals surface area contributed by atoms with Gasteiger partial charge in [0.1, 0.15) is 0 Å². The molecule has 1 amide bonds. The van der Waals surface area contributed by atoms with Gasteiger partial charge in [-0.15, -0.1) is 0 Å². The SMILES string of the molecule is Cn1cccc1C=C1SC(=S)N(c2ccccc2)C1=O. The van der Waals surface area contributed by atoms with Gasteiger partial charge in [-0.3, -0.25) is 9.69 Å². The summed E-state index contributed by atoms with van der Waals surface area (Å²) in [5.74, 6) is -0.0626. The zero-order valence-corrected chi connectivity index (χ0v) is 12.4. The number of hydrogen-bond donors (Lipinski definition) is 0. The van der Waals surface area contributed by atoms with Crippen LogP contribution in [0.25, 0.3) is 6.08 Å². The molecule has 0 N–H and O–H groups in total. The third-order valence-corrected chi connectivity index (χ3v) is 4.37. The van der Waals surface area contributed by atoms with E-state index in [2.05, 4.69) is 0 Å². The van der Waals surface area contributed by atoms with Crippen LogP contribution in [-0.2, 0) is 11.8 Å². The quantitative estimate of drug-likeness (QED) is 0.627. The van der Waals surface area contributed by atoms with Crippen LogP contribution in [0.4, 0.5) is 5.69 Å². The summed E-state index contributed by atoms with van der Waals surface area (Å²) in [5, 5.41) is 0. The maximum absolute atomic E-state index is 12.5. The number of amides is 1. The molecule has 1 saturated heterocycles. The molecule has 5 heteroatoms. The van der Waals surface area contributed by atoms with Gasteiger partial charge >= 0.3 is 0 Å². The number of benzene rings is 1. The number of para-hydroxylation sites is 1. The molecule has 1 aromatic carbocycles. The largest absolute Gasteiger partial charge is 0.351 e.